The SMILES string of the molecule is CN=C(NCc1nc(C(C)(C)C)cs1)NCc1ccc(F)cc1CSC. The van der Waals surface area contributed by atoms with Gasteiger partial charge in [-0.05, 0) is 29.5 Å². The van der Waals surface area contributed by atoms with Crippen molar-refractivity contribution in [1.82, 2.24) is 15.6 Å². The van der Waals surface area contributed by atoms with Gasteiger partial charge < -0.3 is 10.6 Å². The Morgan fingerprint density at radius 2 is 1.96 bits per heavy atom. The number of aromatic nitrogens is 1. The van der Waals surface area contributed by atoms with Crippen LogP contribution in [0.25, 0.3) is 0 Å². The quantitative estimate of drug-likeness (QED) is 0.566. The minimum atomic E-state index is -0.196. The van der Waals surface area contributed by atoms with Gasteiger partial charge in [0.25, 0.3) is 0 Å². The first-order valence-electron chi connectivity index (χ1n) is 8.49. The van der Waals surface area contributed by atoms with Crippen LogP contribution in [0.15, 0.2) is 28.6 Å². The molecule has 0 fully saturated rings. The molecule has 1 heterocycles. The van der Waals surface area contributed by atoms with Crippen LogP contribution in [-0.4, -0.2) is 24.2 Å². The van der Waals surface area contributed by atoms with Crippen LogP contribution in [0.2, 0.25) is 0 Å². The highest BCUT2D eigenvalue weighted by atomic mass is 32.2. The zero-order valence-electron chi connectivity index (χ0n) is 16.0. The molecule has 0 unspecified atom stereocenters. The largest absolute Gasteiger partial charge is 0.352 e. The number of benzene rings is 1. The fourth-order valence-electron chi connectivity index (χ4n) is 2.35. The van der Waals surface area contributed by atoms with Crippen molar-refractivity contribution in [3.05, 3.63) is 51.2 Å². The Labute approximate surface area is 163 Å². The molecule has 2 N–H and O–H groups in total. The van der Waals surface area contributed by atoms with E-state index in [1.54, 1.807) is 36.2 Å². The second kappa shape index (κ2) is 9.37. The lowest BCUT2D eigenvalue weighted by Gasteiger charge is -2.15. The molecular weight excluding hydrogens is 367 g/mol. The summed E-state index contributed by atoms with van der Waals surface area (Å²) in [4.78, 5) is 8.94. The summed E-state index contributed by atoms with van der Waals surface area (Å²) in [6, 6.07) is 4.94. The van der Waals surface area contributed by atoms with Gasteiger partial charge >= 0.3 is 0 Å². The molecule has 1 aromatic carbocycles. The summed E-state index contributed by atoms with van der Waals surface area (Å²) in [6.07, 6.45) is 2.02. The topological polar surface area (TPSA) is 49.3 Å². The van der Waals surface area contributed by atoms with Gasteiger partial charge in [-0.2, -0.15) is 11.8 Å². The first kappa shape index (κ1) is 20.7. The lowest BCUT2D eigenvalue weighted by molar-refractivity contribution is 0.570. The molecule has 0 amide bonds. The molecule has 2 aromatic rings. The van der Waals surface area contributed by atoms with Crippen molar-refractivity contribution in [3.63, 3.8) is 0 Å². The molecule has 1 aromatic heterocycles. The van der Waals surface area contributed by atoms with E-state index in [2.05, 4.69) is 46.8 Å². The highest BCUT2D eigenvalue weighted by molar-refractivity contribution is 7.97. The number of halogens is 1. The number of guanidine groups is 1. The van der Waals surface area contributed by atoms with Crippen LogP contribution in [-0.2, 0) is 24.3 Å². The normalized spacial score (nSPS) is 12.3. The molecule has 0 aliphatic carbocycles. The minimum absolute atomic E-state index is 0.0605. The standard InChI is InChI=1S/C19H27FN4S2/c1-19(2,3)16-12-26-17(24-16)10-23-18(21-4)22-9-13-6-7-15(20)8-14(13)11-25-5/h6-8,12H,9-11H2,1-5H3,(H2,21,22,23). The Hall–Kier alpha value is -1.60. The van der Waals surface area contributed by atoms with Crippen LogP contribution >= 0.6 is 23.1 Å². The van der Waals surface area contributed by atoms with Gasteiger partial charge in [0.05, 0.1) is 12.2 Å². The summed E-state index contributed by atoms with van der Waals surface area (Å²) >= 11 is 3.34. The molecule has 2 rings (SSSR count). The highest BCUT2D eigenvalue weighted by Crippen LogP contribution is 2.23. The van der Waals surface area contributed by atoms with Crippen molar-refractivity contribution in [2.45, 2.75) is 45.0 Å². The summed E-state index contributed by atoms with van der Waals surface area (Å²) in [5, 5.41) is 9.73. The number of thioether (sulfide) groups is 1. The van der Waals surface area contributed by atoms with Crippen molar-refractivity contribution in [3.8, 4) is 0 Å². The van der Waals surface area contributed by atoms with Crippen molar-refractivity contribution >= 4 is 29.1 Å². The number of hydrogen-bond donors (Lipinski definition) is 2. The minimum Gasteiger partial charge on any atom is -0.352 e. The van der Waals surface area contributed by atoms with E-state index in [0.717, 1.165) is 27.6 Å². The average molecular weight is 395 g/mol. The predicted octanol–water partition coefficient (Wildman–Crippen LogP) is 4.31. The number of hydrogen-bond acceptors (Lipinski definition) is 4. The summed E-state index contributed by atoms with van der Waals surface area (Å²) < 4.78 is 13.5. The van der Waals surface area contributed by atoms with Crippen molar-refractivity contribution < 1.29 is 4.39 Å². The third-order valence-corrected chi connectivity index (χ3v) is 5.31. The fraction of sp³-hybridized carbons (Fsp3) is 0.474. The molecule has 0 saturated heterocycles. The first-order chi connectivity index (χ1) is 12.3. The lowest BCUT2D eigenvalue weighted by atomic mass is 9.93. The van der Waals surface area contributed by atoms with Gasteiger partial charge in [-0.3, -0.25) is 4.99 Å². The zero-order chi connectivity index (χ0) is 19.2. The predicted molar refractivity (Wildman–Crippen MR) is 111 cm³/mol. The molecule has 7 heteroatoms. The molecule has 0 saturated carbocycles. The smallest absolute Gasteiger partial charge is 0.191 e. The second-order valence-electron chi connectivity index (χ2n) is 7.00. The highest BCUT2D eigenvalue weighted by Gasteiger charge is 2.17. The number of aliphatic imine (C=N–C) groups is 1. The number of nitrogens with zero attached hydrogens (tertiary/aromatic N) is 2. The van der Waals surface area contributed by atoms with Crippen LogP contribution in [0.4, 0.5) is 4.39 Å². The van der Waals surface area contributed by atoms with Gasteiger partial charge in [0.15, 0.2) is 5.96 Å². The number of rotatable bonds is 6. The van der Waals surface area contributed by atoms with Crippen molar-refractivity contribution in [2.24, 2.45) is 4.99 Å². The Morgan fingerprint density at radius 1 is 1.23 bits per heavy atom. The van der Waals surface area contributed by atoms with Gasteiger partial charge in [0.1, 0.15) is 10.8 Å². The molecule has 0 aliphatic heterocycles. The van der Waals surface area contributed by atoms with E-state index in [4.69, 9.17) is 0 Å². The van der Waals surface area contributed by atoms with Crippen molar-refractivity contribution in [1.29, 1.82) is 0 Å². The average Bonchev–Trinajstić information content (AvgIpc) is 3.06. The molecule has 26 heavy (non-hydrogen) atoms. The Morgan fingerprint density at radius 3 is 2.58 bits per heavy atom. The third-order valence-electron chi connectivity index (χ3n) is 3.87. The van der Waals surface area contributed by atoms with Gasteiger partial charge in [0, 0.05) is 30.1 Å². The summed E-state index contributed by atoms with van der Waals surface area (Å²) in [5.41, 5.74) is 3.25. The van der Waals surface area contributed by atoms with Crippen LogP contribution in [0.3, 0.4) is 0 Å². The monoisotopic (exact) mass is 394 g/mol. The van der Waals surface area contributed by atoms with Crippen molar-refractivity contribution in [2.75, 3.05) is 13.3 Å². The van der Waals surface area contributed by atoms with E-state index in [1.807, 2.05) is 12.3 Å². The Balaban J connectivity index is 1.93. The second-order valence-corrected chi connectivity index (χ2v) is 8.81. The van der Waals surface area contributed by atoms with E-state index < -0.39 is 0 Å². The number of nitrogens with one attached hydrogen (secondary N) is 2. The van der Waals surface area contributed by atoms with E-state index in [-0.39, 0.29) is 11.2 Å². The van der Waals surface area contributed by atoms with E-state index in [1.165, 1.54) is 6.07 Å². The first-order valence-corrected chi connectivity index (χ1v) is 10.8. The van der Waals surface area contributed by atoms with Gasteiger partial charge in [0.2, 0.25) is 0 Å². The van der Waals surface area contributed by atoms with Crippen LogP contribution < -0.4 is 10.6 Å². The zero-order valence-corrected chi connectivity index (χ0v) is 17.7. The van der Waals surface area contributed by atoms with E-state index >= 15 is 0 Å². The van der Waals surface area contributed by atoms with Crippen LogP contribution in [0, 0.1) is 5.82 Å². The van der Waals surface area contributed by atoms with Gasteiger partial charge in [-0.1, -0.05) is 26.8 Å². The Bertz CT molecular complexity index is 750. The lowest BCUT2D eigenvalue weighted by Crippen LogP contribution is -2.36. The van der Waals surface area contributed by atoms with E-state index in [0.29, 0.717) is 19.0 Å². The van der Waals surface area contributed by atoms with Crippen LogP contribution in [0.1, 0.15) is 42.6 Å². The third kappa shape index (κ3) is 5.99. The maximum Gasteiger partial charge on any atom is 0.191 e. The maximum absolute atomic E-state index is 13.5. The van der Waals surface area contributed by atoms with E-state index in [9.17, 15) is 4.39 Å². The molecular formula is C19H27FN4S2. The summed E-state index contributed by atoms with van der Waals surface area (Å²) in [6.45, 7) is 7.71. The molecule has 142 valence electrons. The summed E-state index contributed by atoms with van der Waals surface area (Å²) in [5.74, 6) is 1.30. The molecule has 0 aliphatic rings. The molecule has 0 radical (unpaired) electrons. The van der Waals surface area contributed by atoms with Gasteiger partial charge in [-0.25, -0.2) is 9.37 Å². The fourth-order valence-corrected chi connectivity index (χ4v) is 3.89. The maximum atomic E-state index is 13.5. The molecule has 0 spiro atoms. The van der Waals surface area contributed by atoms with Crippen LogP contribution in [0.5, 0.6) is 0 Å². The molecule has 4 nitrogen and oxygen atoms in total. The molecule has 0 bridgehead atoms. The molecule has 0 atom stereocenters. The Kier molecular flexibility index (Phi) is 7.46. The summed E-state index contributed by atoms with van der Waals surface area (Å²) in [7, 11) is 1.74. The number of thiazole rings is 1. The van der Waals surface area contributed by atoms with Gasteiger partial charge in [-0.15, -0.1) is 11.3 Å².